The fraction of sp³-hybridized carbons (Fsp3) is 0.242. The van der Waals surface area contributed by atoms with Crippen molar-refractivity contribution < 1.29 is 28.9 Å². The number of ether oxygens (including phenoxy) is 3. The maximum Gasteiger partial charge on any atom is 0.255 e. The van der Waals surface area contributed by atoms with E-state index in [9.17, 15) is 14.7 Å². The molecule has 43 heavy (non-hydrogen) atoms. The SMILES string of the molecule is COc1cc2c3cc1Oc1ccc(O)c(c1)C(=O)NCCCOc1cccc(c1)C2N(C(=O)CSc1ccccn1)CC3. The van der Waals surface area contributed by atoms with Crippen molar-refractivity contribution in [2.45, 2.75) is 23.9 Å². The largest absolute Gasteiger partial charge is 0.507 e. The first kappa shape index (κ1) is 28.4. The third-order valence-corrected chi connectivity index (χ3v) is 8.37. The molecule has 0 fully saturated rings. The third kappa shape index (κ3) is 6.24. The molecule has 2 N–H and O–H groups in total. The normalized spacial score (nSPS) is 16.3. The number of aromatic hydroxyl groups is 1. The number of fused-ring (bicyclic) bond motifs is 6. The molecular formula is C33H31N3O6S. The van der Waals surface area contributed by atoms with Gasteiger partial charge in [0, 0.05) is 19.3 Å². The summed E-state index contributed by atoms with van der Waals surface area (Å²) >= 11 is 1.42. The predicted octanol–water partition coefficient (Wildman–Crippen LogP) is 5.37. The van der Waals surface area contributed by atoms with Crippen LogP contribution in [0.4, 0.5) is 0 Å². The van der Waals surface area contributed by atoms with E-state index in [4.69, 9.17) is 14.2 Å². The van der Waals surface area contributed by atoms with Crippen molar-refractivity contribution in [3.63, 3.8) is 0 Å². The Morgan fingerprint density at radius 1 is 1.12 bits per heavy atom. The van der Waals surface area contributed by atoms with E-state index in [1.807, 2.05) is 59.5 Å². The van der Waals surface area contributed by atoms with Crippen LogP contribution in [0.5, 0.6) is 28.7 Å². The molecule has 3 aromatic carbocycles. The van der Waals surface area contributed by atoms with Gasteiger partial charge in [-0.25, -0.2) is 4.98 Å². The number of phenolic OH excluding ortho intramolecular Hbond substituents is 1. The Balaban J connectivity index is 1.41. The fourth-order valence-electron chi connectivity index (χ4n) is 5.37. The van der Waals surface area contributed by atoms with Gasteiger partial charge in [0.15, 0.2) is 11.5 Å². The summed E-state index contributed by atoms with van der Waals surface area (Å²) in [5, 5.41) is 14.0. The molecule has 3 aliphatic rings. The van der Waals surface area contributed by atoms with Crippen LogP contribution in [0, 0.1) is 0 Å². The maximum atomic E-state index is 13.8. The summed E-state index contributed by atoms with van der Waals surface area (Å²) in [5.41, 5.74) is 2.99. The predicted molar refractivity (Wildman–Crippen MR) is 162 cm³/mol. The van der Waals surface area contributed by atoms with Crippen LogP contribution >= 0.6 is 11.8 Å². The minimum Gasteiger partial charge on any atom is -0.507 e. The average Bonchev–Trinajstić information content (AvgIpc) is 3.03. The summed E-state index contributed by atoms with van der Waals surface area (Å²) in [6.45, 7) is 1.25. The van der Waals surface area contributed by atoms with E-state index in [-0.39, 0.29) is 29.0 Å². The lowest BCUT2D eigenvalue weighted by molar-refractivity contribution is -0.130. The fourth-order valence-corrected chi connectivity index (χ4v) is 6.11. The minimum absolute atomic E-state index is 0.00595. The lowest BCUT2D eigenvalue weighted by Gasteiger charge is -2.38. The molecule has 0 spiro atoms. The number of methoxy groups -OCH3 is 1. The summed E-state index contributed by atoms with van der Waals surface area (Å²) in [4.78, 5) is 32.8. The van der Waals surface area contributed by atoms with Gasteiger partial charge in [0.2, 0.25) is 5.91 Å². The van der Waals surface area contributed by atoms with Gasteiger partial charge in [-0.2, -0.15) is 0 Å². The Kier molecular flexibility index (Phi) is 8.37. The van der Waals surface area contributed by atoms with Crippen molar-refractivity contribution in [3.05, 3.63) is 101 Å². The molecule has 220 valence electrons. The van der Waals surface area contributed by atoms with Gasteiger partial charge in [0.1, 0.15) is 17.2 Å². The first-order chi connectivity index (χ1) is 21.0. The number of amides is 2. The lowest BCUT2D eigenvalue weighted by atomic mass is 9.87. The zero-order chi connectivity index (χ0) is 29.8. The molecule has 4 heterocycles. The molecule has 1 aromatic heterocycles. The molecule has 4 aromatic rings. The number of rotatable bonds is 4. The zero-order valence-electron chi connectivity index (χ0n) is 23.6. The van der Waals surface area contributed by atoms with E-state index in [1.165, 1.54) is 23.9 Å². The van der Waals surface area contributed by atoms with Gasteiger partial charge < -0.3 is 29.5 Å². The molecule has 0 radical (unpaired) electrons. The van der Waals surface area contributed by atoms with Crippen molar-refractivity contribution in [1.82, 2.24) is 15.2 Å². The second kappa shape index (κ2) is 12.7. The average molecular weight is 598 g/mol. The summed E-state index contributed by atoms with van der Waals surface area (Å²) in [6, 6.07) is 21.5. The van der Waals surface area contributed by atoms with E-state index in [0.717, 1.165) is 21.7 Å². The van der Waals surface area contributed by atoms with Crippen LogP contribution in [-0.2, 0) is 11.2 Å². The number of hydrogen-bond acceptors (Lipinski definition) is 8. The van der Waals surface area contributed by atoms with Gasteiger partial charge in [-0.3, -0.25) is 9.59 Å². The first-order valence-corrected chi connectivity index (χ1v) is 15.0. The van der Waals surface area contributed by atoms with Crippen LogP contribution in [0.2, 0.25) is 0 Å². The Hall–Kier alpha value is -4.70. The topological polar surface area (TPSA) is 110 Å². The second-order valence-corrected chi connectivity index (χ2v) is 11.2. The highest BCUT2D eigenvalue weighted by Gasteiger charge is 2.34. The Bertz CT molecular complexity index is 1650. The zero-order valence-corrected chi connectivity index (χ0v) is 24.4. The standard InChI is InChI=1S/C33H31N3O6S/c1-40-28-19-25-21-11-14-36(31(38)20-43-30-8-2-3-12-34-30)32(25)22-6-4-7-23(16-22)41-15-5-13-35-33(39)26-18-24(9-10-27(26)37)42-29(28)17-21/h2-4,6-10,12,16-19,32,37H,5,11,13-15,20H2,1H3,(H,35,39). The summed E-state index contributed by atoms with van der Waals surface area (Å²) in [5.74, 6) is 1.72. The van der Waals surface area contributed by atoms with Gasteiger partial charge >= 0.3 is 0 Å². The summed E-state index contributed by atoms with van der Waals surface area (Å²) < 4.78 is 18.0. The van der Waals surface area contributed by atoms with Crippen molar-refractivity contribution in [2.24, 2.45) is 0 Å². The van der Waals surface area contributed by atoms with Crippen LogP contribution in [0.25, 0.3) is 0 Å². The lowest BCUT2D eigenvalue weighted by Crippen LogP contribution is -2.41. The van der Waals surface area contributed by atoms with Crippen molar-refractivity contribution >= 4 is 23.6 Å². The Morgan fingerprint density at radius 2 is 2.02 bits per heavy atom. The van der Waals surface area contributed by atoms with Gasteiger partial charge in [0.25, 0.3) is 5.91 Å². The van der Waals surface area contributed by atoms with Crippen LogP contribution in [-0.4, -0.2) is 59.4 Å². The Morgan fingerprint density at radius 3 is 2.86 bits per heavy atom. The number of benzene rings is 3. The molecule has 1 unspecified atom stereocenters. The number of aromatic nitrogens is 1. The van der Waals surface area contributed by atoms with Crippen LogP contribution in [0.3, 0.4) is 0 Å². The summed E-state index contributed by atoms with van der Waals surface area (Å²) in [7, 11) is 1.56. The number of phenols is 1. The molecule has 8 bridgehead atoms. The van der Waals surface area contributed by atoms with Crippen LogP contribution in [0.1, 0.15) is 39.5 Å². The van der Waals surface area contributed by atoms with Crippen molar-refractivity contribution in [2.75, 3.05) is 32.6 Å². The molecule has 1 atom stereocenters. The number of thioether (sulfide) groups is 1. The van der Waals surface area contributed by atoms with Gasteiger partial charge in [-0.15, -0.1) is 0 Å². The van der Waals surface area contributed by atoms with Crippen LogP contribution < -0.4 is 19.5 Å². The van der Waals surface area contributed by atoms with Crippen LogP contribution in [0.15, 0.2) is 84.0 Å². The molecule has 10 heteroatoms. The number of hydrogen-bond donors (Lipinski definition) is 2. The van der Waals surface area contributed by atoms with E-state index in [1.54, 1.807) is 19.4 Å². The van der Waals surface area contributed by atoms with Gasteiger partial charge in [0.05, 0.1) is 36.1 Å². The molecule has 7 rings (SSSR count). The molecule has 3 aliphatic heterocycles. The van der Waals surface area contributed by atoms with Crippen molar-refractivity contribution in [3.8, 4) is 28.7 Å². The van der Waals surface area contributed by atoms with E-state index < -0.39 is 5.91 Å². The second-order valence-electron chi connectivity index (χ2n) is 10.2. The van der Waals surface area contributed by atoms with Gasteiger partial charge in [-0.05, 0) is 84.1 Å². The molecule has 9 nitrogen and oxygen atoms in total. The Labute approximate surface area is 253 Å². The van der Waals surface area contributed by atoms with Gasteiger partial charge in [-0.1, -0.05) is 30.0 Å². The number of nitrogens with zero attached hydrogens (tertiary/aromatic N) is 2. The third-order valence-electron chi connectivity index (χ3n) is 7.45. The molecule has 0 saturated carbocycles. The first-order valence-electron chi connectivity index (χ1n) is 14.1. The number of nitrogens with one attached hydrogen (secondary N) is 1. The van der Waals surface area contributed by atoms with E-state index in [0.29, 0.717) is 55.5 Å². The maximum absolute atomic E-state index is 13.8. The molecule has 2 amide bonds. The molecular weight excluding hydrogens is 566 g/mol. The van der Waals surface area contributed by atoms with E-state index in [2.05, 4.69) is 10.3 Å². The van der Waals surface area contributed by atoms with Crippen molar-refractivity contribution in [1.29, 1.82) is 0 Å². The molecule has 0 saturated heterocycles. The number of pyridine rings is 1. The number of carbonyl (C=O) groups excluding carboxylic acids is 2. The monoisotopic (exact) mass is 597 g/mol. The highest BCUT2D eigenvalue weighted by Crippen LogP contribution is 2.43. The minimum atomic E-state index is -0.405. The highest BCUT2D eigenvalue weighted by molar-refractivity contribution is 7.99. The quantitative estimate of drug-likeness (QED) is 0.303. The highest BCUT2D eigenvalue weighted by atomic mass is 32.2. The summed E-state index contributed by atoms with van der Waals surface area (Å²) in [6.07, 6.45) is 2.90. The smallest absolute Gasteiger partial charge is 0.255 e. The van der Waals surface area contributed by atoms with E-state index >= 15 is 0 Å². The number of carbonyl (C=O) groups is 2. The molecule has 0 aliphatic carbocycles.